The van der Waals surface area contributed by atoms with Crippen LogP contribution in [0.15, 0.2) is 18.2 Å². The third-order valence-electron chi connectivity index (χ3n) is 3.73. The van der Waals surface area contributed by atoms with Crippen molar-refractivity contribution < 1.29 is 4.39 Å². The Labute approximate surface area is 125 Å². The molecule has 0 radical (unpaired) electrons. The molecule has 5 heteroatoms. The monoisotopic (exact) mass is 306 g/mol. The molecule has 108 valence electrons. The number of benzene rings is 1. The first kappa shape index (κ1) is 16.7. The van der Waals surface area contributed by atoms with Crippen molar-refractivity contribution in [2.45, 2.75) is 32.4 Å². The summed E-state index contributed by atoms with van der Waals surface area (Å²) in [5, 5.41) is 0.512. The SMILES string of the molecule is CC(N)C1CCCN(Cc2c(F)cccc2Cl)C1.Cl. The molecule has 1 saturated heterocycles. The van der Waals surface area contributed by atoms with Gasteiger partial charge in [0, 0.05) is 29.7 Å². The van der Waals surface area contributed by atoms with Crippen LogP contribution in [0.1, 0.15) is 25.3 Å². The van der Waals surface area contributed by atoms with Crippen LogP contribution in [0.25, 0.3) is 0 Å². The first-order valence-electron chi connectivity index (χ1n) is 6.48. The van der Waals surface area contributed by atoms with E-state index in [9.17, 15) is 4.39 Å². The highest BCUT2D eigenvalue weighted by molar-refractivity contribution is 6.31. The van der Waals surface area contributed by atoms with E-state index in [2.05, 4.69) is 4.90 Å². The van der Waals surface area contributed by atoms with Crippen LogP contribution < -0.4 is 5.73 Å². The van der Waals surface area contributed by atoms with Gasteiger partial charge >= 0.3 is 0 Å². The maximum atomic E-state index is 13.7. The molecule has 0 bridgehead atoms. The van der Waals surface area contributed by atoms with Crippen LogP contribution in [-0.2, 0) is 6.54 Å². The van der Waals surface area contributed by atoms with E-state index in [1.165, 1.54) is 12.5 Å². The van der Waals surface area contributed by atoms with Gasteiger partial charge in [-0.05, 0) is 44.4 Å². The second-order valence-corrected chi connectivity index (χ2v) is 5.60. The maximum Gasteiger partial charge on any atom is 0.129 e. The van der Waals surface area contributed by atoms with Gasteiger partial charge < -0.3 is 5.73 Å². The fourth-order valence-electron chi connectivity index (χ4n) is 2.57. The summed E-state index contributed by atoms with van der Waals surface area (Å²) in [5.74, 6) is 0.287. The zero-order valence-electron chi connectivity index (χ0n) is 11.1. The standard InChI is InChI=1S/C14H20ClFN2.ClH/c1-10(17)11-4-3-7-18(8-11)9-12-13(15)5-2-6-14(12)16;/h2,5-6,10-11H,3-4,7-9,17H2,1H3;1H. The molecule has 0 spiro atoms. The Hall–Kier alpha value is -0.350. The Bertz CT molecular complexity index is 392. The molecular weight excluding hydrogens is 286 g/mol. The van der Waals surface area contributed by atoms with E-state index in [1.807, 2.05) is 6.92 Å². The summed E-state index contributed by atoms with van der Waals surface area (Å²) in [4.78, 5) is 2.25. The highest BCUT2D eigenvalue weighted by Gasteiger charge is 2.23. The molecule has 2 rings (SSSR count). The van der Waals surface area contributed by atoms with Crippen LogP contribution in [0.4, 0.5) is 4.39 Å². The lowest BCUT2D eigenvalue weighted by Gasteiger charge is -2.34. The van der Waals surface area contributed by atoms with Crippen LogP contribution >= 0.6 is 24.0 Å². The normalized spacial score (nSPS) is 21.8. The van der Waals surface area contributed by atoms with Crippen molar-refractivity contribution in [2.24, 2.45) is 11.7 Å². The number of nitrogens with zero attached hydrogens (tertiary/aromatic N) is 1. The van der Waals surface area contributed by atoms with Crippen molar-refractivity contribution in [3.63, 3.8) is 0 Å². The molecule has 0 saturated carbocycles. The fourth-order valence-corrected chi connectivity index (χ4v) is 2.79. The summed E-state index contributed by atoms with van der Waals surface area (Å²) in [6, 6.07) is 5.05. The van der Waals surface area contributed by atoms with Gasteiger partial charge in [0.2, 0.25) is 0 Å². The number of piperidine rings is 1. The molecule has 2 atom stereocenters. The topological polar surface area (TPSA) is 29.3 Å². The van der Waals surface area contributed by atoms with Gasteiger partial charge in [-0.15, -0.1) is 12.4 Å². The third kappa shape index (κ3) is 4.32. The molecular formula is C14H21Cl2FN2. The first-order chi connectivity index (χ1) is 8.58. The zero-order valence-corrected chi connectivity index (χ0v) is 12.7. The largest absolute Gasteiger partial charge is 0.328 e. The summed E-state index contributed by atoms with van der Waals surface area (Å²) in [7, 11) is 0. The predicted molar refractivity (Wildman–Crippen MR) is 80.3 cm³/mol. The van der Waals surface area contributed by atoms with Crippen molar-refractivity contribution in [2.75, 3.05) is 13.1 Å². The lowest BCUT2D eigenvalue weighted by Crippen LogP contribution is -2.42. The molecule has 2 nitrogen and oxygen atoms in total. The van der Waals surface area contributed by atoms with Crippen molar-refractivity contribution in [3.05, 3.63) is 34.6 Å². The molecule has 1 heterocycles. The molecule has 0 aliphatic carbocycles. The van der Waals surface area contributed by atoms with Crippen LogP contribution in [0, 0.1) is 11.7 Å². The van der Waals surface area contributed by atoms with E-state index in [0.29, 0.717) is 23.0 Å². The highest BCUT2D eigenvalue weighted by Crippen LogP contribution is 2.24. The van der Waals surface area contributed by atoms with Gasteiger partial charge in [0.1, 0.15) is 5.82 Å². The highest BCUT2D eigenvalue weighted by atomic mass is 35.5. The lowest BCUT2D eigenvalue weighted by atomic mass is 9.92. The van der Waals surface area contributed by atoms with Crippen LogP contribution in [0.3, 0.4) is 0 Å². The van der Waals surface area contributed by atoms with Crippen molar-refractivity contribution in [3.8, 4) is 0 Å². The number of halogens is 3. The Morgan fingerprint density at radius 2 is 2.26 bits per heavy atom. The molecule has 0 aromatic heterocycles. The molecule has 2 N–H and O–H groups in total. The number of hydrogen-bond acceptors (Lipinski definition) is 2. The van der Waals surface area contributed by atoms with Gasteiger partial charge in [-0.1, -0.05) is 17.7 Å². The summed E-state index contributed by atoms with van der Waals surface area (Å²) < 4.78 is 13.7. The summed E-state index contributed by atoms with van der Waals surface area (Å²) in [5.41, 5.74) is 6.56. The van der Waals surface area contributed by atoms with Gasteiger partial charge in [-0.2, -0.15) is 0 Å². The minimum atomic E-state index is -0.217. The third-order valence-corrected chi connectivity index (χ3v) is 4.08. The number of rotatable bonds is 3. The first-order valence-corrected chi connectivity index (χ1v) is 6.86. The molecule has 2 unspecified atom stereocenters. The second kappa shape index (κ2) is 7.44. The van der Waals surface area contributed by atoms with E-state index < -0.39 is 0 Å². The molecule has 1 fully saturated rings. The van der Waals surface area contributed by atoms with Crippen molar-refractivity contribution >= 4 is 24.0 Å². The van der Waals surface area contributed by atoms with Gasteiger partial charge in [0.05, 0.1) is 0 Å². The Morgan fingerprint density at radius 1 is 1.53 bits per heavy atom. The van der Waals surface area contributed by atoms with Crippen LogP contribution in [0.2, 0.25) is 5.02 Å². The van der Waals surface area contributed by atoms with Gasteiger partial charge in [-0.25, -0.2) is 4.39 Å². The van der Waals surface area contributed by atoms with E-state index in [0.717, 1.165) is 19.5 Å². The number of hydrogen-bond donors (Lipinski definition) is 1. The van der Waals surface area contributed by atoms with Crippen LogP contribution in [0.5, 0.6) is 0 Å². The van der Waals surface area contributed by atoms with Crippen LogP contribution in [-0.4, -0.2) is 24.0 Å². The van der Waals surface area contributed by atoms with Gasteiger partial charge in [-0.3, -0.25) is 4.90 Å². The average Bonchev–Trinajstić information content (AvgIpc) is 2.34. The van der Waals surface area contributed by atoms with E-state index in [-0.39, 0.29) is 24.3 Å². The van der Waals surface area contributed by atoms with Crippen molar-refractivity contribution in [1.29, 1.82) is 0 Å². The quantitative estimate of drug-likeness (QED) is 0.926. The van der Waals surface area contributed by atoms with Crippen molar-refractivity contribution in [1.82, 2.24) is 4.90 Å². The number of likely N-dealkylation sites (tertiary alicyclic amines) is 1. The summed E-state index contributed by atoms with van der Waals surface area (Å²) in [6.45, 7) is 4.55. The Morgan fingerprint density at radius 3 is 2.89 bits per heavy atom. The molecule has 0 amide bonds. The maximum absolute atomic E-state index is 13.7. The summed E-state index contributed by atoms with van der Waals surface area (Å²) >= 11 is 6.06. The van der Waals surface area contributed by atoms with E-state index in [1.54, 1.807) is 12.1 Å². The lowest BCUT2D eigenvalue weighted by molar-refractivity contribution is 0.153. The Balaban J connectivity index is 0.00000180. The molecule has 1 aliphatic heterocycles. The van der Waals surface area contributed by atoms with E-state index >= 15 is 0 Å². The molecule has 1 aromatic rings. The zero-order chi connectivity index (χ0) is 13.1. The fraction of sp³-hybridized carbons (Fsp3) is 0.571. The minimum Gasteiger partial charge on any atom is -0.328 e. The van der Waals surface area contributed by atoms with Gasteiger partial charge in [0.25, 0.3) is 0 Å². The molecule has 1 aliphatic rings. The smallest absolute Gasteiger partial charge is 0.129 e. The minimum absolute atomic E-state index is 0. The second-order valence-electron chi connectivity index (χ2n) is 5.20. The average molecular weight is 307 g/mol. The molecule has 19 heavy (non-hydrogen) atoms. The predicted octanol–water partition coefficient (Wildman–Crippen LogP) is 3.46. The summed E-state index contributed by atoms with van der Waals surface area (Å²) in [6.07, 6.45) is 2.29. The number of nitrogens with two attached hydrogens (primary N) is 1. The Kier molecular flexibility index (Phi) is 6.54. The van der Waals surface area contributed by atoms with Gasteiger partial charge in [0.15, 0.2) is 0 Å². The van der Waals surface area contributed by atoms with E-state index in [4.69, 9.17) is 17.3 Å². The molecule has 1 aromatic carbocycles.